The zero-order valence-electron chi connectivity index (χ0n) is 8.20. The Hall–Kier alpha value is -1.20. The van der Waals surface area contributed by atoms with Gasteiger partial charge >= 0.3 is 5.69 Å². The van der Waals surface area contributed by atoms with E-state index in [2.05, 4.69) is 20.9 Å². The summed E-state index contributed by atoms with van der Waals surface area (Å²) in [6.45, 7) is 1.84. The number of pyridine rings is 1. The second-order valence-electron chi connectivity index (χ2n) is 3.30. The third kappa shape index (κ3) is 1.66. The summed E-state index contributed by atoms with van der Waals surface area (Å²) < 4.78 is 0.768. The highest BCUT2D eigenvalue weighted by atomic mass is 79.9. The first kappa shape index (κ1) is 11.3. The van der Waals surface area contributed by atoms with Crippen molar-refractivity contribution in [2.75, 3.05) is 0 Å². The molecule has 0 unspecified atom stereocenters. The van der Waals surface area contributed by atoms with Crippen molar-refractivity contribution in [1.29, 1.82) is 0 Å². The quantitative estimate of drug-likeness (QED) is 0.593. The number of hydrogen-bond acceptors (Lipinski definition) is 3. The number of aromatic nitrogens is 1. The van der Waals surface area contributed by atoms with Gasteiger partial charge in [-0.1, -0.05) is 17.7 Å². The van der Waals surface area contributed by atoms with Crippen LogP contribution in [-0.4, -0.2) is 9.91 Å². The van der Waals surface area contributed by atoms with Gasteiger partial charge in [0.05, 0.1) is 10.4 Å². The Labute approximate surface area is 105 Å². The van der Waals surface area contributed by atoms with Crippen molar-refractivity contribution >= 4 is 44.1 Å². The largest absolute Gasteiger partial charge is 0.306 e. The Balaban J connectivity index is 2.94. The third-order valence-electron chi connectivity index (χ3n) is 2.29. The maximum Gasteiger partial charge on any atom is 0.306 e. The Morgan fingerprint density at radius 1 is 1.50 bits per heavy atom. The maximum absolute atomic E-state index is 10.7. The van der Waals surface area contributed by atoms with Gasteiger partial charge in [-0.2, -0.15) is 0 Å². The molecule has 0 bridgehead atoms. The fourth-order valence-corrected chi connectivity index (χ4v) is 2.30. The van der Waals surface area contributed by atoms with E-state index >= 15 is 0 Å². The first-order chi connectivity index (χ1) is 7.52. The Morgan fingerprint density at radius 2 is 2.19 bits per heavy atom. The summed E-state index contributed by atoms with van der Waals surface area (Å²) in [4.78, 5) is 14.2. The van der Waals surface area contributed by atoms with E-state index in [0.29, 0.717) is 10.9 Å². The molecule has 0 N–H and O–H groups in total. The maximum atomic E-state index is 10.7. The van der Waals surface area contributed by atoms with Gasteiger partial charge in [0.15, 0.2) is 0 Å². The van der Waals surface area contributed by atoms with Gasteiger partial charge in [0.25, 0.3) is 0 Å². The smallest absolute Gasteiger partial charge is 0.258 e. The van der Waals surface area contributed by atoms with Crippen molar-refractivity contribution in [3.63, 3.8) is 0 Å². The Kier molecular flexibility index (Phi) is 2.82. The predicted octanol–water partition coefficient (Wildman–Crippen LogP) is 3.87. The van der Waals surface area contributed by atoms with E-state index in [9.17, 15) is 10.1 Å². The van der Waals surface area contributed by atoms with Gasteiger partial charge in [-0.15, -0.1) is 0 Å². The van der Waals surface area contributed by atoms with Gasteiger partial charge in [-0.25, -0.2) is 4.98 Å². The summed E-state index contributed by atoms with van der Waals surface area (Å²) in [5.41, 5.74) is 1.32. The summed E-state index contributed by atoms with van der Waals surface area (Å²) in [6.07, 6.45) is 1.18. The molecule has 0 aliphatic carbocycles. The van der Waals surface area contributed by atoms with Crippen LogP contribution in [0.4, 0.5) is 5.69 Å². The van der Waals surface area contributed by atoms with E-state index < -0.39 is 4.92 Å². The minimum absolute atomic E-state index is 0.133. The third-order valence-corrected chi connectivity index (χ3v) is 3.32. The molecule has 4 nitrogen and oxygen atoms in total. The highest BCUT2D eigenvalue weighted by Gasteiger charge is 2.18. The van der Waals surface area contributed by atoms with E-state index in [1.54, 1.807) is 0 Å². The summed E-state index contributed by atoms with van der Waals surface area (Å²) in [6, 6.07) is 3.68. The summed E-state index contributed by atoms with van der Waals surface area (Å²) in [7, 11) is 0. The molecule has 0 aliphatic rings. The lowest BCUT2D eigenvalue weighted by atomic mass is 10.1. The van der Waals surface area contributed by atoms with Gasteiger partial charge in [-0.05, 0) is 34.5 Å². The molecule has 16 heavy (non-hydrogen) atoms. The van der Waals surface area contributed by atoms with Crippen LogP contribution in [0.3, 0.4) is 0 Å². The van der Waals surface area contributed by atoms with Crippen LogP contribution >= 0.6 is 27.5 Å². The molecule has 0 saturated carbocycles. The molecular weight excluding hydrogens is 295 g/mol. The van der Waals surface area contributed by atoms with E-state index in [-0.39, 0.29) is 10.7 Å². The molecule has 2 rings (SSSR count). The van der Waals surface area contributed by atoms with Gasteiger partial charge in [0.1, 0.15) is 11.2 Å². The Bertz CT molecular complexity index is 601. The summed E-state index contributed by atoms with van der Waals surface area (Å²) in [5, 5.41) is 11.5. The van der Waals surface area contributed by atoms with Gasteiger partial charge in [0.2, 0.25) is 0 Å². The van der Waals surface area contributed by atoms with Crippen LogP contribution in [0, 0.1) is 17.0 Å². The lowest BCUT2D eigenvalue weighted by Gasteiger charge is -2.05. The molecule has 1 aromatic carbocycles. The molecule has 6 heteroatoms. The van der Waals surface area contributed by atoms with Crippen molar-refractivity contribution < 1.29 is 4.92 Å². The van der Waals surface area contributed by atoms with Crippen molar-refractivity contribution in [2.45, 2.75) is 6.92 Å². The minimum atomic E-state index is -0.533. The summed E-state index contributed by atoms with van der Waals surface area (Å²) in [5.74, 6) is 0. The zero-order chi connectivity index (χ0) is 11.9. The zero-order valence-corrected chi connectivity index (χ0v) is 10.5. The minimum Gasteiger partial charge on any atom is -0.258 e. The van der Waals surface area contributed by atoms with Crippen molar-refractivity contribution in [2.24, 2.45) is 0 Å². The highest BCUT2D eigenvalue weighted by molar-refractivity contribution is 9.10. The van der Waals surface area contributed by atoms with E-state index in [4.69, 9.17) is 11.6 Å². The molecule has 0 atom stereocenters. The fourth-order valence-electron chi connectivity index (χ4n) is 1.51. The molecule has 1 heterocycles. The van der Waals surface area contributed by atoms with E-state index in [0.717, 1.165) is 10.0 Å². The lowest BCUT2D eigenvalue weighted by molar-refractivity contribution is -0.384. The topological polar surface area (TPSA) is 56.0 Å². The average Bonchev–Trinajstić information content (AvgIpc) is 2.23. The molecule has 0 saturated heterocycles. The van der Waals surface area contributed by atoms with Gasteiger partial charge < -0.3 is 0 Å². The molecule has 0 radical (unpaired) electrons. The van der Waals surface area contributed by atoms with Crippen molar-refractivity contribution in [3.05, 3.63) is 43.5 Å². The molecule has 0 spiro atoms. The number of nitro groups is 1. The predicted molar refractivity (Wildman–Crippen MR) is 65.8 cm³/mol. The second-order valence-corrected chi connectivity index (χ2v) is 4.53. The van der Waals surface area contributed by atoms with Crippen LogP contribution in [0.2, 0.25) is 5.02 Å². The normalized spacial score (nSPS) is 10.7. The number of hydrogen-bond donors (Lipinski definition) is 0. The number of rotatable bonds is 1. The first-order valence-electron chi connectivity index (χ1n) is 4.40. The number of aryl methyl sites for hydroxylation is 1. The monoisotopic (exact) mass is 300 g/mol. The molecule has 2 aromatic rings. The lowest BCUT2D eigenvalue weighted by Crippen LogP contribution is -1.93. The molecule has 1 aromatic heterocycles. The van der Waals surface area contributed by atoms with Crippen molar-refractivity contribution in [3.8, 4) is 0 Å². The SMILES string of the molecule is Cc1ccc(Br)c2ncc([N+](=O)[O-])c(Cl)c12. The van der Waals surface area contributed by atoms with Crippen LogP contribution < -0.4 is 0 Å². The molecular formula is C10H6BrClN2O2. The number of benzene rings is 1. The number of halogens is 2. The Morgan fingerprint density at radius 3 is 2.81 bits per heavy atom. The van der Waals surface area contributed by atoms with Crippen LogP contribution in [-0.2, 0) is 0 Å². The molecule has 82 valence electrons. The van der Waals surface area contributed by atoms with E-state index in [1.165, 1.54) is 6.20 Å². The van der Waals surface area contributed by atoms with Crippen molar-refractivity contribution in [1.82, 2.24) is 4.98 Å². The van der Waals surface area contributed by atoms with Crippen LogP contribution in [0.1, 0.15) is 5.56 Å². The van der Waals surface area contributed by atoms with Gasteiger partial charge in [0, 0.05) is 9.86 Å². The molecule has 0 fully saturated rings. The van der Waals surface area contributed by atoms with Crippen LogP contribution in [0.15, 0.2) is 22.8 Å². The van der Waals surface area contributed by atoms with Crippen LogP contribution in [0.25, 0.3) is 10.9 Å². The fraction of sp³-hybridized carbons (Fsp3) is 0.100. The first-order valence-corrected chi connectivity index (χ1v) is 5.57. The van der Waals surface area contributed by atoms with Crippen LogP contribution in [0.5, 0.6) is 0 Å². The summed E-state index contributed by atoms with van der Waals surface area (Å²) >= 11 is 9.35. The number of nitrogens with zero attached hydrogens (tertiary/aromatic N) is 2. The number of fused-ring (bicyclic) bond motifs is 1. The second kappa shape index (κ2) is 3.99. The van der Waals surface area contributed by atoms with Gasteiger partial charge in [-0.3, -0.25) is 10.1 Å². The standard InChI is InChI=1S/C10H6BrClN2O2/c1-5-2-3-6(11)10-8(5)9(12)7(4-13-10)14(15)16/h2-4H,1H3. The molecule has 0 amide bonds. The molecule has 0 aliphatic heterocycles. The van der Waals surface area contributed by atoms with E-state index in [1.807, 2.05) is 19.1 Å². The highest BCUT2D eigenvalue weighted by Crippen LogP contribution is 2.35. The average molecular weight is 302 g/mol.